The van der Waals surface area contributed by atoms with Crippen LogP contribution in [0.1, 0.15) is 16.7 Å². The van der Waals surface area contributed by atoms with E-state index in [1.807, 2.05) is 12.1 Å². The van der Waals surface area contributed by atoms with Crippen molar-refractivity contribution in [1.82, 2.24) is 14.6 Å². The number of likely N-dealkylation sites (N-methyl/N-ethyl adjacent to an activating group) is 1. The SMILES string of the molecule is C[NH+]1CC[NH+]([C@@H](c2ccco2)c2sc3ncnn3c2O)CC1. The van der Waals surface area contributed by atoms with Gasteiger partial charge in [0.05, 0.1) is 13.3 Å². The van der Waals surface area contributed by atoms with Crippen molar-refractivity contribution in [2.45, 2.75) is 6.04 Å². The summed E-state index contributed by atoms with van der Waals surface area (Å²) in [7, 11) is 2.22. The average molecular weight is 321 g/mol. The zero-order valence-electron chi connectivity index (χ0n) is 12.3. The van der Waals surface area contributed by atoms with Gasteiger partial charge >= 0.3 is 0 Å². The second-order valence-corrected chi connectivity index (χ2v) is 6.82. The van der Waals surface area contributed by atoms with Crippen LogP contribution < -0.4 is 9.80 Å². The predicted molar refractivity (Wildman–Crippen MR) is 80.4 cm³/mol. The summed E-state index contributed by atoms with van der Waals surface area (Å²) in [6.45, 7) is 4.33. The smallest absolute Gasteiger partial charge is 0.235 e. The molecule has 0 radical (unpaired) electrons. The molecule has 0 bridgehead atoms. The molecule has 4 rings (SSSR count). The number of nitrogens with zero attached hydrogens (tertiary/aromatic N) is 3. The van der Waals surface area contributed by atoms with Crippen LogP contribution in [0.15, 0.2) is 29.1 Å². The summed E-state index contributed by atoms with van der Waals surface area (Å²) in [5, 5.41) is 14.6. The molecule has 1 atom stereocenters. The summed E-state index contributed by atoms with van der Waals surface area (Å²) in [5.41, 5.74) is 0. The average Bonchev–Trinajstić information content (AvgIpc) is 3.23. The minimum Gasteiger partial charge on any atom is -0.492 e. The van der Waals surface area contributed by atoms with Gasteiger partial charge in [-0.3, -0.25) is 0 Å². The van der Waals surface area contributed by atoms with E-state index in [9.17, 15) is 5.11 Å². The van der Waals surface area contributed by atoms with Crippen LogP contribution in [0.3, 0.4) is 0 Å². The number of nitrogens with one attached hydrogen (secondary N) is 2. The normalized spacial score (nSPS) is 23.9. The zero-order chi connectivity index (χ0) is 15.1. The Hall–Kier alpha value is -1.90. The summed E-state index contributed by atoms with van der Waals surface area (Å²) in [6.07, 6.45) is 3.15. The molecule has 1 saturated heterocycles. The number of piperazine rings is 1. The maximum Gasteiger partial charge on any atom is 0.235 e. The lowest BCUT2D eigenvalue weighted by Crippen LogP contribution is -3.27. The molecule has 3 aromatic rings. The molecule has 0 aliphatic carbocycles. The molecule has 22 heavy (non-hydrogen) atoms. The molecule has 0 amide bonds. The molecule has 4 heterocycles. The minimum atomic E-state index is -0.00315. The van der Waals surface area contributed by atoms with Gasteiger partial charge in [0.2, 0.25) is 10.8 Å². The Labute approximate surface area is 131 Å². The van der Waals surface area contributed by atoms with Gasteiger partial charge in [0, 0.05) is 0 Å². The number of aromatic nitrogens is 3. The molecule has 3 aromatic heterocycles. The van der Waals surface area contributed by atoms with Crippen LogP contribution in [-0.2, 0) is 0 Å². The number of furan rings is 1. The quantitative estimate of drug-likeness (QED) is 0.554. The highest BCUT2D eigenvalue weighted by Crippen LogP contribution is 2.34. The molecule has 0 spiro atoms. The first-order valence-corrected chi connectivity index (χ1v) is 8.26. The number of aromatic hydroxyl groups is 1. The van der Waals surface area contributed by atoms with E-state index in [0.29, 0.717) is 4.96 Å². The van der Waals surface area contributed by atoms with Crippen LogP contribution in [0.2, 0.25) is 0 Å². The second kappa shape index (κ2) is 5.38. The van der Waals surface area contributed by atoms with Gasteiger partial charge in [0.25, 0.3) is 0 Å². The lowest BCUT2D eigenvalue weighted by Gasteiger charge is -2.31. The van der Waals surface area contributed by atoms with Gasteiger partial charge in [-0.2, -0.15) is 9.61 Å². The van der Waals surface area contributed by atoms with E-state index >= 15 is 0 Å². The van der Waals surface area contributed by atoms with Crippen molar-refractivity contribution in [3.05, 3.63) is 35.4 Å². The molecule has 8 heteroatoms. The van der Waals surface area contributed by atoms with Crippen molar-refractivity contribution in [3.63, 3.8) is 0 Å². The van der Waals surface area contributed by atoms with E-state index in [1.54, 1.807) is 11.2 Å². The van der Waals surface area contributed by atoms with E-state index in [0.717, 1.165) is 36.8 Å². The Kier molecular flexibility index (Phi) is 3.36. The highest BCUT2D eigenvalue weighted by atomic mass is 32.1. The molecule has 1 aliphatic rings. The van der Waals surface area contributed by atoms with Gasteiger partial charge in [-0.25, -0.2) is 4.98 Å². The van der Waals surface area contributed by atoms with Gasteiger partial charge in [0.15, 0.2) is 11.8 Å². The van der Waals surface area contributed by atoms with E-state index in [1.165, 1.54) is 27.1 Å². The third-order valence-electron chi connectivity index (χ3n) is 4.38. The number of fused-ring (bicyclic) bond motifs is 1. The monoisotopic (exact) mass is 321 g/mol. The summed E-state index contributed by atoms with van der Waals surface area (Å²) in [4.78, 5) is 8.74. The Morgan fingerprint density at radius 1 is 1.36 bits per heavy atom. The second-order valence-electron chi connectivity index (χ2n) is 5.81. The van der Waals surface area contributed by atoms with Crippen molar-refractivity contribution < 1.29 is 19.3 Å². The third kappa shape index (κ3) is 2.20. The molecular formula is C14H19N5O2S+2. The predicted octanol–water partition coefficient (Wildman–Crippen LogP) is -1.41. The van der Waals surface area contributed by atoms with Crippen LogP contribution in [0.25, 0.3) is 4.96 Å². The van der Waals surface area contributed by atoms with E-state index in [4.69, 9.17) is 4.42 Å². The highest BCUT2D eigenvalue weighted by molar-refractivity contribution is 7.17. The summed E-state index contributed by atoms with van der Waals surface area (Å²) in [5.74, 6) is 1.06. The molecule has 3 N–H and O–H groups in total. The van der Waals surface area contributed by atoms with E-state index in [2.05, 4.69) is 17.1 Å². The fraction of sp³-hybridized carbons (Fsp3) is 0.429. The molecular weight excluding hydrogens is 302 g/mol. The standard InChI is InChI=1S/C14H17N5O2S/c1-17-4-6-18(7-5-17)11(10-3-2-8-21-10)12-13(20)19-14(22-12)15-9-16-19/h2-3,8-9,11,20H,4-7H2,1H3/p+2/t11-/m0/s1. The number of quaternary nitrogens is 2. The molecule has 1 fully saturated rings. The molecule has 0 aromatic carbocycles. The summed E-state index contributed by atoms with van der Waals surface area (Å²) >= 11 is 1.48. The van der Waals surface area contributed by atoms with Crippen LogP contribution in [0.4, 0.5) is 0 Å². The van der Waals surface area contributed by atoms with Crippen LogP contribution in [0.5, 0.6) is 5.88 Å². The zero-order valence-corrected chi connectivity index (χ0v) is 13.1. The topological polar surface area (TPSA) is 72.4 Å². The lowest BCUT2D eigenvalue weighted by molar-refractivity contribution is -1.02. The Bertz CT molecular complexity index is 757. The maximum atomic E-state index is 10.5. The Morgan fingerprint density at radius 2 is 2.18 bits per heavy atom. The molecule has 7 nitrogen and oxygen atoms in total. The van der Waals surface area contributed by atoms with Crippen LogP contribution in [0, 0.1) is 0 Å². The van der Waals surface area contributed by atoms with Crippen LogP contribution >= 0.6 is 11.3 Å². The number of hydrogen-bond donors (Lipinski definition) is 3. The largest absolute Gasteiger partial charge is 0.492 e. The summed E-state index contributed by atoms with van der Waals surface area (Å²) < 4.78 is 7.17. The third-order valence-corrected chi connectivity index (χ3v) is 5.48. The van der Waals surface area contributed by atoms with Crippen molar-refractivity contribution in [1.29, 1.82) is 0 Å². The minimum absolute atomic E-state index is 0.00315. The van der Waals surface area contributed by atoms with Crippen molar-refractivity contribution in [2.75, 3.05) is 33.2 Å². The van der Waals surface area contributed by atoms with Crippen molar-refractivity contribution in [3.8, 4) is 5.88 Å². The van der Waals surface area contributed by atoms with E-state index in [-0.39, 0.29) is 11.9 Å². The van der Waals surface area contributed by atoms with Gasteiger partial charge in [-0.1, -0.05) is 11.3 Å². The van der Waals surface area contributed by atoms with E-state index < -0.39 is 0 Å². The first-order chi connectivity index (χ1) is 10.7. The van der Waals surface area contributed by atoms with Gasteiger partial charge < -0.3 is 19.3 Å². The molecule has 0 unspecified atom stereocenters. The first kappa shape index (κ1) is 13.7. The molecule has 116 valence electrons. The number of hydrogen-bond acceptors (Lipinski definition) is 5. The molecule has 1 aliphatic heterocycles. The van der Waals surface area contributed by atoms with Gasteiger partial charge in [-0.15, -0.1) is 0 Å². The highest BCUT2D eigenvalue weighted by Gasteiger charge is 2.36. The van der Waals surface area contributed by atoms with Crippen molar-refractivity contribution >= 4 is 16.3 Å². The first-order valence-electron chi connectivity index (χ1n) is 7.44. The molecule has 0 saturated carbocycles. The van der Waals surface area contributed by atoms with Gasteiger partial charge in [0.1, 0.15) is 37.4 Å². The number of rotatable bonds is 3. The fourth-order valence-electron chi connectivity index (χ4n) is 3.14. The Morgan fingerprint density at radius 3 is 2.86 bits per heavy atom. The Balaban J connectivity index is 1.77. The van der Waals surface area contributed by atoms with Crippen molar-refractivity contribution in [2.24, 2.45) is 0 Å². The summed E-state index contributed by atoms with van der Waals surface area (Å²) in [6, 6.07) is 3.88. The maximum absolute atomic E-state index is 10.5. The fourth-order valence-corrected chi connectivity index (χ4v) is 4.24. The number of thiazole rings is 1. The van der Waals surface area contributed by atoms with Crippen LogP contribution in [-0.4, -0.2) is 52.9 Å². The lowest BCUT2D eigenvalue weighted by atomic mass is 10.1. The van der Waals surface area contributed by atoms with Gasteiger partial charge in [-0.05, 0) is 12.1 Å².